The van der Waals surface area contributed by atoms with Crippen molar-refractivity contribution in [2.75, 3.05) is 0 Å². The van der Waals surface area contributed by atoms with E-state index in [0.29, 0.717) is 6.29 Å². The highest BCUT2D eigenvalue weighted by molar-refractivity contribution is 5.74. The third-order valence-corrected chi connectivity index (χ3v) is 0.978. The average molecular weight is 141 g/mol. The summed E-state index contributed by atoms with van der Waals surface area (Å²) >= 11 is 0. The van der Waals surface area contributed by atoms with E-state index in [4.69, 9.17) is 5.11 Å². The van der Waals surface area contributed by atoms with Gasteiger partial charge in [-0.25, -0.2) is 4.98 Å². The summed E-state index contributed by atoms with van der Waals surface area (Å²) in [5.41, 5.74) is 0.152. The summed E-state index contributed by atoms with van der Waals surface area (Å²) in [5, 5.41) is 8.63. The summed E-state index contributed by atoms with van der Waals surface area (Å²) in [4.78, 5) is 13.1. The molecular formula is C6H4FNO2. The lowest BCUT2D eigenvalue weighted by Gasteiger charge is -1.92. The third-order valence-electron chi connectivity index (χ3n) is 0.978. The van der Waals surface area contributed by atoms with Crippen molar-refractivity contribution in [1.82, 2.24) is 4.98 Å². The Hall–Kier alpha value is -1.45. The summed E-state index contributed by atoms with van der Waals surface area (Å²) in [7, 11) is 0. The van der Waals surface area contributed by atoms with Gasteiger partial charge in [-0.2, -0.15) is 4.39 Å². The monoisotopic (exact) mass is 141 g/mol. The second-order valence-electron chi connectivity index (χ2n) is 1.70. The highest BCUT2D eigenvalue weighted by Gasteiger charge is 2.00. The smallest absolute Gasteiger partial charge is 0.255 e. The molecule has 0 saturated carbocycles. The zero-order valence-corrected chi connectivity index (χ0v) is 4.91. The van der Waals surface area contributed by atoms with E-state index in [-0.39, 0.29) is 5.56 Å². The van der Waals surface area contributed by atoms with Crippen molar-refractivity contribution >= 4 is 6.29 Å². The minimum Gasteiger partial charge on any atom is -0.504 e. The van der Waals surface area contributed by atoms with E-state index >= 15 is 0 Å². The van der Waals surface area contributed by atoms with Crippen LogP contribution in [-0.2, 0) is 0 Å². The molecular weight excluding hydrogens is 137 g/mol. The van der Waals surface area contributed by atoms with Gasteiger partial charge in [0.1, 0.15) is 0 Å². The molecule has 1 rings (SSSR count). The SMILES string of the molecule is O=Cc1cnc(F)c(O)c1. The van der Waals surface area contributed by atoms with Crippen molar-refractivity contribution in [2.45, 2.75) is 0 Å². The molecule has 0 radical (unpaired) electrons. The molecule has 0 spiro atoms. The van der Waals surface area contributed by atoms with Crippen LogP contribution < -0.4 is 0 Å². The van der Waals surface area contributed by atoms with Crippen LogP contribution in [0.3, 0.4) is 0 Å². The molecule has 52 valence electrons. The predicted molar refractivity (Wildman–Crippen MR) is 31.2 cm³/mol. The summed E-state index contributed by atoms with van der Waals surface area (Å²) in [5.74, 6) is -1.57. The number of hydrogen-bond donors (Lipinski definition) is 1. The predicted octanol–water partition coefficient (Wildman–Crippen LogP) is 0.739. The number of aromatic nitrogens is 1. The van der Waals surface area contributed by atoms with E-state index in [9.17, 15) is 9.18 Å². The number of aldehydes is 1. The molecule has 10 heavy (non-hydrogen) atoms. The van der Waals surface area contributed by atoms with Gasteiger partial charge in [-0.05, 0) is 6.07 Å². The largest absolute Gasteiger partial charge is 0.504 e. The molecule has 0 aliphatic heterocycles. The molecule has 1 aromatic heterocycles. The molecule has 1 heterocycles. The summed E-state index contributed by atoms with van der Waals surface area (Å²) in [6.45, 7) is 0. The topological polar surface area (TPSA) is 50.2 Å². The molecule has 0 saturated heterocycles. The molecule has 1 aromatic rings. The van der Waals surface area contributed by atoms with Gasteiger partial charge in [0.2, 0.25) is 0 Å². The first kappa shape index (κ1) is 6.67. The van der Waals surface area contributed by atoms with Gasteiger partial charge in [0.15, 0.2) is 12.0 Å². The Labute approximate surface area is 56.1 Å². The van der Waals surface area contributed by atoms with E-state index in [0.717, 1.165) is 12.3 Å². The average Bonchev–Trinajstić information content (AvgIpc) is 1.95. The van der Waals surface area contributed by atoms with Crippen molar-refractivity contribution in [1.29, 1.82) is 0 Å². The number of hydrogen-bond acceptors (Lipinski definition) is 3. The fourth-order valence-electron chi connectivity index (χ4n) is 0.516. The quantitative estimate of drug-likeness (QED) is 0.463. The van der Waals surface area contributed by atoms with Crippen LogP contribution in [0.2, 0.25) is 0 Å². The van der Waals surface area contributed by atoms with Gasteiger partial charge < -0.3 is 5.11 Å². The second-order valence-corrected chi connectivity index (χ2v) is 1.70. The minimum atomic E-state index is -0.967. The van der Waals surface area contributed by atoms with Crippen LogP contribution in [0, 0.1) is 5.95 Å². The molecule has 0 amide bonds. The van der Waals surface area contributed by atoms with Crippen molar-refractivity contribution in [2.24, 2.45) is 0 Å². The Morgan fingerprint density at radius 1 is 1.70 bits per heavy atom. The van der Waals surface area contributed by atoms with Gasteiger partial charge in [-0.1, -0.05) is 0 Å². The Kier molecular flexibility index (Phi) is 1.62. The van der Waals surface area contributed by atoms with Gasteiger partial charge >= 0.3 is 0 Å². The van der Waals surface area contributed by atoms with Crippen molar-refractivity contribution < 1.29 is 14.3 Å². The number of carbonyl (C=O) groups is 1. The van der Waals surface area contributed by atoms with Crippen LogP contribution in [0.25, 0.3) is 0 Å². The second kappa shape index (κ2) is 2.43. The number of pyridine rings is 1. The molecule has 0 bridgehead atoms. The van der Waals surface area contributed by atoms with Crippen LogP contribution >= 0.6 is 0 Å². The van der Waals surface area contributed by atoms with Crippen LogP contribution in [0.15, 0.2) is 12.3 Å². The van der Waals surface area contributed by atoms with Gasteiger partial charge in [-0.15, -0.1) is 0 Å². The van der Waals surface area contributed by atoms with Crippen LogP contribution in [-0.4, -0.2) is 16.4 Å². The first-order chi connectivity index (χ1) is 4.74. The highest BCUT2D eigenvalue weighted by atomic mass is 19.1. The summed E-state index contributed by atoms with van der Waals surface area (Å²) < 4.78 is 12.2. The van der Waals surface area contributed by atoms with E-state index < -0.39 is 11.7 Å². The zero-order chi connectivity index (χ0) is 7.56. The molecule has 0 aliphatic rings. The Bertz CT molecular complexity index is 262. The molecule has 3 nitrogen and oxygen atoms in total. The fourth-order valence-corrected chi connectivity index (χ4v) is 0.516. The Balaban J connectivity index is 3.16. The molecule has 0 aliphatic carbocycles. The maximum Gasteiger partial charge on any atom is 0.255 e. The van der Waals surface area contributed by atoms with E-state index in [1.54, 1.807) is 0 Å². The number of aromatic hydroxyl groups is 1. The normalized spacial score (nSPS) is 9.30. The molecule has 0 atom stereocenters. The van der Waals surface area contributed by atoms with Crippen molar-refractivity contribution in [3.8, 4) is 5.75 Å². The molecule has 0 unspecified atom stereocenters. The molecule has 0 fully saturated rings. The lowest BCUT2D eigenvalue weighted by Crippen LogP contribution is -1.86. The molecule has 4 heteroatoms. The number of nitrogens with zero attached hydrogens (tertiary/aromatic N) is 1. The molecule has 0 aromatic carbocycles. The highest BCUT2D eigenvalue weighted by Crippen LogP contribution is 2.11. The summed E-state index contributed by atoms with van der Waals surface area (Å²) in [6.07, 6.45) is 1.52. The van der Waals surface area contributed by atoms with E-state index in [1.807, 2.05) is 0 Å². The van der Waals surface area contributed by atoms with Crippen molar-refractivity contribution in [3.05, 3.63) is 23.8 Å². The van der Waals surface area contributed by atoms with Gasteiger partial charge in [-0.3, -0.25) is 4.79 Å². The lowest BCUT2D eigenvalue weighted by molar-refractivity contribution is 0.112. The first-order valence-electron chi connectivity index (χ1n) is 2.53. The number of rotatable bonds is 1. The molecule has 1 N–H and O–H groups in total. The Morgan fingerprint density at radius 3 is 2.90 bits per heavy atom. The van der Waals surface area contributed by atoms with Gasteiger partial charge in [0, 0.05) is 11.8 Å². The fraction of sp³-hybridized carbons (Fsp3) is 0. The van der Waals surface area contributed by atoms with Crippen LogP contribution in [0.5, 0.6) is 5.75 Å². The maximum atomic E-state index is 12.2. The van der Waals surface area contributed by atoms with Crippen LogP contribution in [0.1, 0.15) is 10.4 Å². The number of carbonyl (C=O) groups excluding carboxylic acids is 1. The van der Waals surface area contributed by atoms with E-state index in [2.05, 4.69) is 4.98 Å². The maximum absolute atomic E-state index is 12.2. The zero-order valence-electron chi connectivity index (χ0n) is 4.91. The standard InChI is InChI=1S/C6H4FNO2/c7-6-5(10)1-4(3-9)2-8-6/h1-3,10H. The Morgan fingerprint density at radius 2 is 2.40 bits per heavy atom. The minimum absolute atomic E-state index is 0.152. The van der Waals surface area contributed by atoms with Crippen molar-refractivity contribution in [3.63, 3.8) is 0 Å². The number of halogens is 1. The van der Waals surface area contributed by atoms with Crippen LogP contribution in [0.4, 0.5) is 4.39 Å². The summed E-state index contributed by atoms with van der Waals surface area (Å²) in [6, 6.07) is 1.01. The third kappa shape index (κ3) is 1.10. The first-order valence-corrected chi connectivity index (χ1v) is 2.53. The van der Waals surface area contributed by atoms with E-state index in [1.165, 1.54) is 0 Å². The van der Waals surface area contributed by atoms with Gasteiger partial charge in [0.25, 0.3) is 5.95 Å². The lowest BCUT2D eigenvalue weighted by atomic mass is 10.3. The van der Waals surface area contributed by atoms with Gasteiger partial charge in [0.05, 0.1) is 0 Å².